The molecular weight excluding hydrogens is 216 g/mol. The van der Waals surface area contributed by atoms with Crippen molar-refractivity contribution >= 4 is 5.91 Å². The van der Waals surface area contributed by atoms with E-state index in [-0.39, 0.29) is 11.7 Å². The first-order chi connectivity index (χ1) is 8.10. The van der Waals surface area contributed by atoms with Gasteiger partial charge in [0.05, 0.1) is 5.56 Å². The summed E-state index contributed by atoms with van der Waals surface area (Å²) in [5.74, 6) is -0.0975. The zero-order valence-corrected chi connectivity index (χ0v) is 10.4. The van der Waals surface area contributed by atoms with Gasteiger partial charge in [0.15, 0.2) is 0 Å². The number of phenolic OH excluding ortho intramolecular Hbond substituents is 1. The highest BCUT2D eigenvalue weighted by Gasteiger charge is 2.16. The molecule has 0 radical (unpaired) electrons. The van der Waals surface area contributed by atoms with Crippen LogP contribution in [0.2, 0.25) is 0 Å². The van der Waals surface area contributed by atoms with Crippen molar-refractivity contribution < 1.29 is 9.90 Å². The molecule has 0 unspecified atom stereocenters. The molecule has 1 aromatic carbocycles. The molecule has 0 aliphatic heterocycles. The molecule has 0 saturated carbocycles. The van der Waals surface area contributed by atoms with Gasteiger partial charge < -0.3 is 15.7 Å². The Morgan fingerprint density at radius 3 is 2.71 bits per heavy atom. The number of phenols is 1. The summed E-state index contributed by atoms with van der Waals surface area (Å²) in [5, 5.41) is 9.76. The molecule has 0 aliphatic carbocycles. The molecule has 17 heavy (non-hydrogen) atoms. The Kier molecular flexibility index (Phi) is 4.97. The number of carbonyl (C=O) groups is 1. The van der Waals surface area contributed by atoms with Crippen LogP contribution in [-0.2, 0) is 0 Å². The van der Waals surface area contributed by atoms with Gasteiger partial charge in [-0.15, -0.1) is 0 Å². The fraction of sp³-hybridized carbons (Fsp3) is 0.462. The minimum absolute atomic E-state index is 0.0428. The molecule has 4 heteroatoms. The maximum absolute atomic E-state index is 12.1. The second kappa shape index (κ2) is 6.25. The molecule has 0 atom stereocenters. The number of nitrogens with zero attached hydrogens (tertiary/aromatic N) is 1. The molecular formula is C13H20N2O2. The minimum atomic E-state index is -0.140. The van der Waals surface area contributed by atoms with Crippen LogP contribution in [0, 0.1) is 6.92 Å². The summed E-state index contributed by atoms with van der Waals surface area (Å²) in [6.07, 6.45) is 0.770. The van der Waals surface area contributed by atoms with Crippen molar-refractivity contribution in [1.82, 2.24) is 4.90 Å². The molecule has 1 rings (SSSR count). The van der Waals surface area contributed by atoms with Crippen molar-refractivity contribution in [3.05, 3.63) is 29.3 Å². The lowest BCUT2D eigenvalue weighted by atomic mass is 10.1. The quantitative estimate of drug-likeness (QED) is 0.814. The number of hydrogen-bond acceptors (Lipinski definition) is 3. The molecule has 0 bridgehead atoms. The second-order valence-corrected chi connectivity index (χ2v) is 4.05. The van der Waals surface area contributed by atoms with Gasteiger partial charge in [-0.2, -0.15) is 0 Å². The van der Waals surface area contributed by atoms with E-state index in [0.717, 1.165) is 12.0 Å². The maximum atomic E-state index is 12.1. The first-order valence-corrected chi connectivity index (χ1v) is 5.89. The summed E-state index contributed by atoms with van der Waals surface area (Å²) >= 11 is 0. The average molecular weight is 236 g/mol. The fourth-order valence-electron chi connectivity index (χ4n) is 1.68. The van der Waals surface area contributed by atoms with E-state index < -0.39 is 0 Å². The highest BCUT2D eigenvalue weighted by molar-refractivity contribution is 5.96. The number of hydrogen-bond donors (Lipinski definition) is 2. The number of benzene rings is 1. The van der Waals surface area contributed by atoms with Gasteiger partial charge in [0.2, 0.25) is 0 Å². The molecule has 0 aromatic heterocycles. The van der Waals surface area contributed by atoms with Crippen molar-refractivity contribution in [2.75, 3.05) is 19.6 Å². The normalized spacial score (nSPS) is 10.3. The Labute approximate surface area is 102 Å². The fourth-order valence-corrected chi connectivity index (χ4v) is 1.68. The van der Waals surface area contributed by atoms with Gasteiger partial charge in [-0.05, 0) is 44.5 Å². The number of nitrogens with two attached hydrogens (primary N) is 1. The summed E-state index contributed by atoms with van der Waals surface area (Å²) in [4.78, 5) is 13.8. The lowest BCUT2D eigenvalue weighted by Crippen LogP contribution is -2.32. The molecule has 0 spiro atoms. The van der Waals surface area contributed by atoms with E-state index in [0.29, 0.717) is 25.2 Å². The van der Waals surface area contributed by atoms with E-state index in [9.17, 15) is 9.90 Å². The van der Waals surface area contributed by atoms with E-state index in [4.69, 9.17) is 5.73 Å². The van der Waals surface area contributed by atoms with Crippen LogP contribution in [0.5, 0.6) is 5.75 Å². The zero-order valence-electron chi connectivity index (χ0n) is 10.4. The Balaban J connectivity index is 2.86. The van der Waals surface area contributed by atoms with Crippen molar-refractivity contribution in [3.8, 4) is 5.75 Å². The smallest absolute Gasteiger partial charge is 0.257 e. The van der Waals surface area contributed by atoms with Crippen LogP contribution < -0.4 is 5.73 Å². The summed E-state index contributed by atoms with van der Waals surface area (Å²) < 4.78 is 0. The van der Waals surface area contributed by atoms with E-state index in [2.05, 4.69) is 0 Å². The minimum Gasteiger partial charge on any atom is -0.507 e. The summed E-state index contributed by atoms with van der Waals surface area (Å²) in [7, 11) is 0. The lowest BCUT2D eigenvalue weighted by molar-refractivity contribution is 0.0760. The van der Waals surface area contributed by atoms with Crippen molar-refractivity contribution in [2.24, 2.45) is 5.73 Å². The van der Waals surface area contributed by atoms with Crippen LogP contribution >= 0.6 is 0 Å². The highest BCUT2D eigenvalue weighted by atomic mass is 16.3. The zero-order chi connectivity index (χ0) is 12.8. The van der Waals surface area contributed by atoms with Gasteiger partial charge in [-0.1, -0.05) is 6.07 Å². The molecule has 0 saturated heterocycles. The predicted octanol–water partition coefficient (Wildman–Crippen LogP) is 1.51. The third-order valence-electron chi connectivity index (χ3n) is 2.68. The number of rotatable bonds is 5. The number of amides is 1. The molecule has 1 aromatic rings. The van der Waals surface area contributed by atoms with E-state index >= 15 is 0 Å². The van der Waals surface area contributed by atoms with Crippen LogP contribution in [0.4, 0.5) is 0 Å². The highest BCUT2D eigenvalue weighted by Crippen LogP contribution is 2.20. The third kappa shape index (κ3) is 3.46. The second-order valence-electron chi connectivity index (χ2n) is 4.05. The monoisotopic (exact) mass is 236 g/mol. The van der Waals surface area contributed by atoms with Crippen LogP contribution in [-0.4, -0.2) is 35.5 Å². The number of carbonyl (C=O) groups excluding carboxylic acids is 1. The van der Waals surface area contributed by atoms with Crippen LogP contribution in [0.15, 0.2) is 18.2 Å². The molecule has 3 N–H and O–H groups in total. The van der Waals surface area contributed by atoms with Gasteiger partial charge in [0.1, 0.15) is 5.75 Å². The van der Waals surface area contributed by atoms with Crippen LogP contribution in [0.25, 0.3) is 0 Å². The Morgan fingerprint density at radius 1 is 1.47 bits per heavy atom. The lowest BCUT2D eigenvalue weighted by Gasteiger charge is -2.21. The largest absolute Gasteiger partial charge is 0.507 e. The van der Waals surface area contributed by atoms with E-state index in [1.165, 1.54) is 0 Å². The van der Waals surface area contributed by atoms with Gasteiger partial charge in [-0.25, -0.2) is 0 Å². The van der Waals surface area contributed by atoms with Crippen molar-refractivity contribution in [2.45, 2.75) is 20.3 Å². The topological polar surface area (TPSA) is 66.6 Å². The average Bonchev–Trinajstić information content (AvgIpc) is 2.29. The molecule has 0 heterocycles. The first kappa shape index (κ1) is 13.5. The third-order valence-corrected chi connectivity index (χ3v) is 2.68. The number of aryl methyl sites for hydroxylation is 1. The van der Waals surface area contributed by atoms with Crippen molar-refractivity contribution in [1.29, 1.82) is 0 Å². The standard InChI is InChI=1S/C13H20N2O2/c1-3-15(8-4-7-14)13(17)11-6-5-10(2)9-12(11)16/h5-6,9,16H,3-4,7-8,14H2,1-2H3. The number of aromatic hydroxyl groups is 1. The van der Waals surface area contributed by atoms with E-state index in [1.54, 1.807) is 17.0 Å². The Bertz CT molecular complexity index is 391. The molecule has 1 amide bonds. The maximum Gasteiger partial charge on any atom is 0.257 e. The summed E-state index contributed by atoms with van der Waals surface area (Å²) in [5.41, 5.74) is 6.72. The summed E-state index contributed by atoms with van der Waals surface area (Å²) in [6, 6.07) is 5.09. The first-order valence-electron chi connectivity index (χ1n) is 5.89. The van der Waals surface area contributed by atoms with Crippen LogP contribution in [0.1, 0.15) is 29.3 Å². The van der Waals surface area contributed by atoms with Gasteiger partial charge in [-0.3, -0.25) is 4.79 Å². The van der Waals surface area contributed by atoms with Crippen LogP contribution in [0.3, 0.4) is 0 Å². The van der Waals surface area contributed by atoms with E-state index in [1.807, 2.05) is 19.9 Å². The van der Waals surface area contributed by atoms with Gasteiger partial charge in [0.25, 0.3) is 5.91 Å². The SMILES string of the molecule is CCN(CCCN)C(=O)c1ccc(C)cc1O. The molecule has 4 nitrogen and oxygen atoms in total. The van der Waals surface area contributed by atoms with Gasteiger partial charge in [0, 0.05) is 13.1 Å². The predicted molar refractivity (Wildman–Crippen MR) is 68.1 cm³/mol. The van der Waals surface area contributed by atoms with Gasteiger partial charge >= 0.3 is 0 Å². The Morgan fingerprint density at radius 2 is 2.18 bits per heavy atom. The molecule has 0 fully saturated rings. The van der Waals surface area contributed by atoms with Crippen molar-refractivity contribution in [3.63, 3.8) is 0 Å². The molecule has 94 valence electrons. The molecule has 0 aliphatic rings. The summed E-state index contributed by atoms with van der Waals surface area (Å²) in [6.45, 7) is 5.59. The Hall–Kier alpha value is -1.55.